The fraction of sp³-hybridized carbons (Fsp3) is 0.0476. The zero-order valence-electron chi connectivity index (χ0n) is 13.8. The number of anilines is 1. The van der Waals surface area contributed by atoms with Crippen LogP contribution < -0.4 is 5.32 Å². The first-order chi connectivity index (χ1) is 12.8. The molecule has 0 aliphatic heterocycles. The molecule has 4 aromatic rings. The Kier molecular flexibility index (Phi) is 4.80. The number of aromatic nitrogens is 2. The minimum Gasteiger partial charge on any atom is -0.418 e. The van der Waals surface area contributed by atoms with E-state index in [1.807, 2.05) is 84.9 Å². The van der Waals surface area contributed by atoms with Gasteiger partial charge >= 0.3 is 0 Å². The van der Waals surface area contributed by atoms with Crippen LogP contribution >= 0.6 is 15.9 Å². The fourth-order valence-electron chi connectivity index (χ4n) is 2.69. The number of nitrogens with zero attached hydrogens (tertiary/aromatic N) is 2. The highest BCUT2D eigenvalue weighted by atomic mass is 79.9. The Hall–Kier alpha value is -2.92. The molecule has 1 N–H and O–H groups in total. The van der Waals surface area contributed by atoms with Crippen LogP contribution in [-0.4, -0.2) is 10.2 Å². The van der Waals surface area contributed by atoms with Crippen LogP contribution in [0.25, 0.3) is 11.5 Å². The minimum atomic E-state index is -0.234. The van der Waals surface area contributed by atoms with Gasteiger partial charge in [-0.1, -0.05) is 64.5 Å². The second kappa shape index (κ2) is 7.54. The van der Waals surface area contributed by atoms with Crippen LogP contribution in [0.5, 0.6) is 0 Å². The van der Waals surface area contributed by atoms with Crippen molar-refractivity contribution in [3.63, 3.8) is 0 Å². The first-order valence-corrected chi connectivity index (χ1v) is 9.05. The van der Waals surface area contributed by atoms with E-state index in [0.717, 1.165) is 21.3 Å². The molecule has 0 saturated heterocycles. The molecule has 4 nitrogen and oxygen atoms in total. The third-order valence-corrected chi connectivity index (χ3v) is 4.53. The lowest BCUT2D eigenvalue weighted by atomic mass is 10.1. The Morgan fingerprint density at radius 1 is 0.769 bits per heavy atom. The van der Waals surface area contributed by atoms with Crippen LogP contribution in [-0.2, 0) is 0 Å². The predicted octanol–water partition coefficient (Wildman–Crippen LogP) is 5.70. The van der Waals surface area contributed by atoms with Crippen molar-refractivity contribution in [2.24, 2.45) is 0 Å². The molecule has 1 atom stereocenters. The van der Waals surface area contributed by atoms with E-state index in [-0.39, 0.29) is 6.04 Å². The molecule has 0 unspecified atom stereocenters. The van der Waals surface area contributed by atoms with E-state index in [1.54, 1.807) is 0 Å². The standard InChI is InChI=1S/C21H16BrN3O/c22-17-11-13-18(14-12-17)23-19(15-7-3-1-4-8-15)21-25-24-20(26-21)16-9-5-2-6-10-16/h1-14,19,23H/t19-/m1/s1. The SMILES string of the molecule is Brc1ccc(N[C@H](c2ccccc2)c2nnc(-c3ccccc3)o2)cc1. The average Bonchev–Trinajstić information content (AvgIpc) is 3.19. The van der Waals surface area contributed by atoms with E-state index in [9.17, 15) is 0 Å². The number of benzene rings is 3. The van der Waals surface area contributed by atoms with Crippen LogP contribution in [0.2, 0.25) is 0 Å². The zero-order chi connectivity index (χ0) is 17.8. The van der Waals surface area contributed by atoms with Crippen molar-refractivity contribution in [3.05, 3.63) is 101 Å². The van der Waals surface area contributed by atoms with Gasteiger partial charge < -0.3 is 9.73 Å². The molecule has 5 heteroatoms. The maximum absolute atomic E-state index is 5.99. The van der Waals surface area contributed by atoms with Crippen LogP contribution in [0.1, 0.15) is 17.5 Å². The third kappa shape index (κ3) is 3.68. The van der Waals surface area contributed by atoms with Crippen molar-refractivity contribution in [1.82, 2.24) is 10.2 Å². The molecule has 0 saturated carbocycles. The molecule has 3 aromatic carbocycles. The second-order valence-corrected chi connectivity index (χ2v) is 6.72. The molecular weight excluding hydrogens is 390 g/mol. The Morgan fingerprint density at radius 3 is 2.12 bits per heavy atom. The lowest BCUT2D eigenvalue weighted by Gasteiger charge is -2.17. The van der Waals surface area contributed by atoms with E-state index in [2.05, 4.69) is 31.4 Å². The third-order valence-electron chi connectivity index (χ3n) is 4.00. The lowest BCUT2D eigenvalue weighted by molar-refractivity contribution is 0.494. The molecule has 1 aromatic heterocycles. The van der Waals surface area contributed by atoms with Crippen LogP contribution in [0.3, 0.4) is 0 Å². The number of hydrogen-bond acceptors (Lipinski definition) is 4. The molecular formula is C21H16BrN3O. The van der Waals surface area contributed by atoms with Crippen LogP contribution in [0.15, 0.2) is 93.8 Å². The summed E-state index contributed by atoms with van der Waals surface area (Å²) in [5.41, 5.74) is 2.93. The van der Waals surface area contributed by atoms with Gasteiger partial charge in [0.15, 0.2) is 0 Å². The zero-order valence-corrected chi connectivity index (χ0v) is 15.4. The number of halogens is 1. The Labute approximate surface area is 160 Å². The molecule has 0 spiro atoms. The summed E-state index contributed by atoms with van der Waals surface area (Å²) in [6.07, 6.45) is 0. The van der Waals surface area contributed by atoms with Gasteiger partial charge in [-0.15, -0.1) is 10.2 Å². The number of nitrogens with one attached hydrogen (secondary N) is 1. The molecule has 0 aliphatic rings. The molecule has 0 aliphatic carbocycles. The number of rotatable bonds is 5. The number of hydrogen-bond donors (Lipinski definition) is 1. The van der Waals surface area contributed by atoms with Gasteiger partial charge in [0.05, 0.1) is 0 Å². The Bertz CT molecular complexity index is 969. The topological polar surface area (TPSA) is 51.0 Å². The van der Waals surface area contributed by atoms with E-state index in [0.29, 0.717) is 11.8 Å². The fourth-order valence-corrected chi connectivity index (χ4v) is 2.96. The van der Waals surface area contributed by atoms with Gasteiger partial charge in [0.25, 0.3) is 0 Å². The van der Waals surface area contributed by atoms with E-state index < -0.39 is 0 Å². The van der Waals surface area contributed by atoms with Crippen molar-refractivity contribution in [1.29, 1.82) is 0 Å². The molecule has 0 radical (unpaired) electrons. The summed E-state index contributed by atoms with van der Waals surface area (Å²) in [6.45, 7) is 0. The summed E-state index contributed by atoms with van der Waals surface area (Å²) < 4.78 is 7.02. The second-order valence-electron chi connectivity index (χ2n) is 5.81. The van der Waals surface area contributed by atoms with Crippen molar-refractivity contribution < 1.29 is 4.42 Å². The molecule has 0 bridgehead atoms. The van der Waals surface area contributed by atoms with E-state index in [4.69, 9.17) is 4.42 Å². The normalized spacial score (nSPS) is 11.9. The maximum Gasteiger partial charge on any atom is 0.247 e. The Balaban J connectivity index is 1.69. The summed E-state index contributed by atoms with van der Waals surface area (Å²) in [5.74, 6) is 1.04. The summed E-state index contributed by atoms with van der Waals surface area (Å²) in [4.78, 5) is 0. The first kappa shape index (κ1) is 16.5. The smallest absolute Gasteiger partial charge is 0.247 e. The highest BCUT2D eigenvalue weighted by Gasteiger charge is 2.21. The lowest BCUT2D eigenvalue weighted by Crippen LogP contribution is -2.12. The van der Waals surface area contributed by atoms with Gasteiger partial charge in [-0.3, -0.25) is 0 Å². The highest BCUT2D eigenvalue weighted by molar-refractivity contribution is 9.10. The van der Waals surface area contributed by atoms with Gasteiger partial charge in [0.1, 0.15) is 6.04 Å². The van der Waals surface area contributed by atoms with Gasteiger partial charge in [-0.05, 0) is 42.0 Å². The van der Waals surface area contributed by atoms with E-state index in [1.165, 1.54) is 0 Å². The first-order valence-electron chi connectivity index (χ1n) is 8.25. The van der Waals surface area contributed by atoms with Crippen LogP contribution in [0, 0.1) is 0 Å². The maximum atomic E-state index is 5.99. The average molecular weight is 406 g/mol. The monoisotopic (exact) mass is 405 g/mol. The molecule has 0 fully saturated rings. The van der Waals surface area contributed by atoms with Gasteiger partial charge in [-0.25, -0.2) is 0 Å². The predicted molar refractivity (Wildman–Crippen MR) is 106 cm³/mol. The molecule has 26 heavy (non-hydrogen) atoms. The summed E-state index contributed by atoms with van der Waals surface area (Å²) in [6, 6.07) is 27.6. The van der Waals surface area contributed by atoms with Crippen molar-refractivity contribution >= 4 is 21.6 Å². The van der Waals surface area contributed by atoms with Gasteiger partial charge in [-0.2, -0.15) is 0 Å². The van der Waals surface area contributed by atoms with Crippen molar-refractivity contribution in [2.75, 3.05) is 5.32 Å². The largest absolute Gasteiger partial charge is 0.418 e. The van der Waals surface area contributed by atoms with Gasteiger partial charge in [0.2, 0.25) is 11.8 Å². The van der Waals surface area contributed by atoms with Crippen LogP contribution in [0.4, 0.5) is 5.69 Å². The van der Waals surface area contributed by atoms with Gasteiger partial charge in [0, 0.05) is 15.7 Å². The molecule has 4 rings (SSSR count). The minimum absolute atomic E-state index is 0.234. The molecule has 128 valence electrons. The molecule has 0 amide bonds. The summed E-state index contributed by atoms with van der Waals surface area (Å²) in [5, 5.41) is 12.0. The summed E-state index contributed by atoms with van der Waals surface area (Å²) >= 11 is 3.46. The van der Waals surface area contributed by atoms with E-state index >= 15 is 0 Å². The quantitative estimate of drug-likeness (QED) is 0.462. The highest BCUT2D eigenvalue weighted by Crippen LogP contribution is 2.28. The molecule has 1 heterocycles. The van der Waals surface area contributed by atoms with Crippen molar-refractivity contribution in [2.45, 2.75) is 6.04 Å². The summed E-state index contributed by atoms with van der Waals surface area (Å²) in [7, 11) is 0. The van der Waals surface area contributed by atoms with Crippen molar-refractivity contribution in [3.8, 4) is 11.5 Å². The Morgan fingerprint density at radius 2 is 1.42 bits per heavy atom.